The molecule has 3 nitrogen and oxygen atoms in total. The van der Waals surface area contributed by atoms with E-state index in [2.05, 4.69) is 30.7 Å². The van der Waals surface area contributed by atoms with E-state index in [-0.39, 0.29) is 0 Å². The fourth-order valence-corrected chi connectivity index (χ4v) is 1.37. The number of rotatable bonds is 8. The molecule has 0 unspecified atom stereocenters. The molecule has 3 heteroatoms. The Morgan fingerprint density at radius 3 is 3.06 bits per heavy atom. The summed E-state index contributed by atoms with van der Waals surface area (Å²) in [6, 6.07) is 4.48. The summed E-state index contributed by atoms with van der Waals surface area (Å²) in [5.74, 6) is 0.706. The quantitative estimate of drug-likeness (QED) is 0.554. The second-order valence-corrected chi connectivity index (χ2v) is 4.32. The molecule has 94 valence electrons. The van der Waals surface area contributed by atoms with E-state index in [0.29, 0.717) is 18.5 Å². The maximum Gasteiger partial charge on any atom is 0.213 e. The lowest BCUT2D eigenvalue weighted by atomic mass is 10.2. The van der Waals surface area contributed by atoms with Gasteiger partial charge in [0.1, 0.15) is 0 Å². The van der Waals surface area contributed by atoms with Crippen LogP contribution in [0.2, 0.25) is 0 Å². The topological polar surface area (TPSA) is 34.1 Å². The van der Waals surface area contributed by atoms with Crippen LogP contribution in [0.25, 0.3) is 0 Å². The van der Waals surface area contributed by atoms with Crippen molar-refractivity contribution in [1.82, 2.24) is 10.3 Å². The molecule has 1 N–H and O–H groups in total. The third-order valence-corrected chi connectivity index (χ3v) is 2.32. The van der Waals surface area contributed by atoms with Gasteiger partial charge >= 0.3 is 0 Å². The Hall–Kier alpha value is -1.35. The first-order valence-corrected chi connectivity index (χ1v) is 6.14. The number of aromatic nitrogens is 1. The fraction of sp³-hybridized carbons (Fsp3) is 0.500. The van der Waals surface area contributed by atoms with Gasteiger partial charge in [-0.1, -0.05) is 19.9 Å². The third-order valence-electron chi connectivity index (χ3n) is 2.32. The van der Waals surface area contributed by atoms with Crippen LogP contribution >= 0.6 is 0 Å². The maximum atomic E-state index is 5.57. The first-order valence-electron chi connectivity index (χ1n) is 6.14. The van der Waals surface area contributed by atoms with Crippen LogP contribution in [-0.2, 0) is 6.54 Å². The number of hydrogen-bond donors (Lipinski definition) is 1. The van der Waals surface area contributed by atoms with E-state index in [1.54, 1.807) is 6.20 Å². The zero-order valence-corrected chi connectivity index (χ0v) is 10.8. The van der Waals surface area contributed by atoms with Gasteiger partial charge in [-0.25, -0.2) is 4.98 Å². The number of allylic oxidation sites excluding steroid dienone is 1. The van der Waals surface area contributed by atoms with Crippen LogP contribution in [0, 0.1) is 0 Å². The molecule has 0 atom stereocenters. The molecule has 0 amide bonds. The minimum atomic E-state index is 0.486. The van der Waals surface area contributed by atoms with Gasteiger partial charge in [-0.05, 0) is 24.5 Å². The monoisotopic (exact) mass is 234 g/mol. The van der Waals surface area contributed by atoms with Crippen molar-refractivity contribution >= 4 is 0 Å². The molecule has 0 aromatic carbocycles. The number of nitrogens with zero attached hydrogens (tertiary/aromatic N) is 1. The molecule has 17 heavy (non-hydrogen) atoms. The predicted octanol–water partition coefficient (Wildman–Crippen LogP) is 2.92. The first kappa shape index (κ1) is 13.7. The smallest absolute Gasteiger partial charge is 0.213 e. The number of nitrogens with one attached hydrogen (secondary N) is 1. The van der Waals surface area contributed by atoms with Gasteiger partial charge in [0.25, 0.3) is 0 Å². The first-order chi connectivity index (χ1) is 8.22. The highest BCUT2D eigenvalue weighted by atomic mass is 16.5. The van der Waals surface area contributed by atoms with Crippen LogP contribution in [0.4, 0.5) is 0 Å². The molecule has 0 saturated carbocycles. The number of unbranched alkanes of at least 4 members (excludes halogenated alkanes) is 1. The van der Waals surface area contributed by atoms with E-state index in [0.717, 1.165) is 19.4 Å². The molecule has 0 spiro atoms. The number of pyridine rings is 1. The Kier molecular flexibility index (Phi) is 6.33. The Bertz CT molecular complexity index is 337. The summed E-state index contributed by atoms with van der Waals surface area (Å²) >= 11 is 0. The van der Waals surface area contributed by atoms with Crippen molar-refractivity contribution in [3.05, 3.63) is 36.5 Å². The van der Waals surface area contributed by atoms with E-state index in [4.69, 9.17) is 4.74 Å². The molecule has 0 radical (unpaired) electrons. The largest absolute Gasteiger partial charge is 0.478 e. The Labute approximate surface area is 104 Å². The molecular weight excluding hydrogens is 212 g/mol. The molecule has 1 aromatic rings. The van der Waals surface area contributed by atoms with Gasteiger partial charge in [0.15, 0.2) is 0 Å². The van der Waals surface area contributed by atoms with E-state index < -0.39 is 0 Å². The maximum absolute atomic E-state index is 5.57. The molecule has 0 aliphatic rings. The van der Waals surface area contributed by atoms with E-state index >= 15 is 0 Å². The van der Waals surface area contributed by atoms with Crippen LogP contribution in [0.5, 0.6) is 5.88 Å². The zero-order chi connectivity index (χ0) is 12.5. The van der Waals surface area contributed by atoms with Gasteiger partial charge in [-0.15, -0.1) is 6.58 Å². The van der Waals surface area contributed by atoms with Crippen molar-refractivity contribution < 1.29 is 4.74 Å². The lowest BCUT2D eigenvalue weighted by Gasteiger charge is -2.09. The molecule has 1 rings (SSSR count). The molecule has 0 saturated heterocycles. The standard InChI is InChI=1S/C14H22N2O/c1-4-5-6-9-17-14-10-13(7-8-15-14)11-16-12(2)3/h4,7-8,10,12,16H,1,5-6,9,11H2,2-3H3. The molecular formula is C14H22N2O. The fourth-order valence-electron chi connectivity index (χ4n) is 1.37. The molecule has 0 fully saturated rings. The molecule has 0 aliphatic carbocycles. The highest BCUT2D eigenvalue weighted by molar-refractivity contribution is 5.20. The summed E-state index contributed by atoms with van der Waals surface area (Å²) in [7, 11) is 0. The van der Waals surface area contributed by atoms with Crippen LogP contribution in [0.1, 0.15) is 32.3 Å². The second-order valence-electron chi connectivity index (χ2n) is 4.32. The minimum absolute atomic E-state index is 0.486. The van der Waals surface area contributed by atoms with E-state index in [1.165, 1.54) is 5.56 Å². The SMILES string of the molecule is C=CCCCOc1cc(CNC(C)C)ccn1. The van der Waals surface area contributed by atoms with Crippen LogP contribution in [0.15, 0.2) is 31.0 Å². The summed E-state index contributed by atoms with van der Waals surface area (Å²) in [6.45, 7) is 9.49. The summed E-state index contributed by atoms with van der Waals surface area (Å²) in [5.41, 5.74) is 1.20. The van der Waals surface area contributed by atoms with Gasteiger partial charge in [-0.2, -0.15) is 0 Å². The van der Waals surface area contributed by atoms with Crippen LogP contribution in [0.3, 0.4) is 0 Å². The summed E-state index contributed by atoms with van der Waals surface area (Å²) in [6.07, 6.45) is 5.66. The van der Waals surface area contributed by atoms with Gasteiger partial charge in [-0.3, -0.25) is 0 Å². The molecule has 0 bridgehead atoms. The molecule has 0 aliphatic heterocycles. The van der Waals surface area contributed by atoms with Crippen molar-refractivity contribution in [3.63, 3.8) is 0 Å². The lowest BCUT2D eigenvalue weighted by Crippen LogP contribution is -2.21. The number of ether oxygens (including phenoxy) is 1. The van der Waals surface area contributed by atoms with Crippen LogP contribution < -0.4 is 10.1 Å². The Balaban J connectivity index is 2.39. The van der Waals surface area contributed by atoms with Gasteiger partial charge in [0.2, 0.25) is 5.88 Å². The van der Waals surface area contributed by atoms with Crippen molar-refractivity contribution in [2.45, 2.75) is 39.3 Å². The molecule has 1 aromatic heterocycles. The van der Waals surface area contributed by atoms with E-state index in [9.17, 15) is 0 Å². The second kappa shape index (κ2) is 7.85. The summed E-state index contributed by atoms with van der Waals surface area (Å²) < 4.78 is 5.57. The van der Waals surface area contributed by atoms with Crippen molar-refractivity contribution in [3.8, 4) is 5.88 Å². The predicted molar refractivity (Wildman–Crippen MR) is 71.1 cm³/mol. The average molecular weight is 234 g/mol. The van der Waals surface area contributed by atoms with Crippen molar-refractivity contribution in [2.24, 2.45) is 0 Å². The summed E-state index contributed by atoms with van der Waals surface area (Å²) in [5, 5.41) is 3.37. The zero-order valence-electron chi connectivity index (χ0n) is 10.8. The van der Waals surface area contributed by atoms with Gasteiger partial charge in [0.05, 0.1) is 6.61 Å². The number of hydrogen-bond acceptors (Lipinski definition) is 3. The normalized spacial score (nSPS) is 10.5. The highest BCUT2D eigenvalue weighted by Gasteiger charge is 1.99. The average Bonchev–Trinajstić information content (AvgIpc) is 2.33. The lowest BCUT2D eigenvalue weighted by molar-refractivity contribution is 0.300. The van der Waals surface area contributed by atoms with Gasteiger partial charge < -0.3 is 10.1 Å². The minimum Gasteiger partial charge on any atom is -0.478 e. The van der Waals surface area contributed by atoms with Crippen LogP contribution in [-0.4, -0.2) is 17.6 Å². The van der Waals surface area contributed by atoms with Crippen molar-refractivity contribution in [2.75, 3.05) is 6.61 Å². The Morgan fingerprint density at radius 2 is 2.35 bits per heavy atom. The van der Waals surface area contributed by atoms with Crippen molar-refractivity contribution in [1.29, 1.82) is 0 Å². The third kappa shape index (κ3) is 6.07. The summed E-state index contributed by atoms with van der Waals surface area (Å²) in [4.78, 5) is 4.19. The van der Waals surface area contributed by atoms with Gasteiger partial charge in [0, 0.05) is 24.8 Å². The molecule has 1 heterocycles. The highest BCUT2D eigenvalue weighted by Crippen LogP contribution is 2.10. The van der Waals surface area contributed by atoms with E-state index in [1.807, 2.05) is 18.2 Å². The Morgan fingerprint density at radius 1 is 1.53 bits per heavy atom.